The molecule has 3 heterocycles. The Morgan fingerprint density at radius 2 is 1.74 bits per heavy atom. The largest absolute Gasteiger partial charge is 0.487 e. The number of amides is 1. The molecule has 274 valence electrons. The van der Waals surface area contributed by atoms with Crippen molar-refractivity contribution in [1.82, 2.24) is 19.8 Å². The summed E-state index contributed by atoms with van der Waals surface area (Å²) in [5.41, 5.74) is 4.10. The average Bonchev–Trinajstić information content (AvgIpc) is 3.60. The van der Waals surface area contributed by atoms with E-state index in [0.717, 1.165) is 65.4 Å². The minimum Gasteiger partial charge on any atom is -0.487 e. The molecule has 11 nitrogen and oxygen atoms in total. The van der Waals surface area contributed by atoms with E-state index in [0.29, 0.717) is 28.7 Å². The number of ether oxygens (including phenoxy) is 1. The van der Waals surface area contributed by atoms with E-state index in [2.05, 4.69) is 20.2 Å². The van der Waals surface area contributed by atoms with E-state index in [1.807, 2.05) is 48.2 Å². The molecular weight excluding hydrogens is 721 g/mol. The highest BCUT2D eigenvalue weighted by Gasteiger charge is 2.20. The summed E-state index contributed by atoms with van der Waals surface area (Å²) in [6, 6.07) is 27.5. The second-order valence-corrected chi connectivity index (χ2v) is 14.3. The Morgan fingerprint density at radius 3 is 2.43 bits per heavy atom. The molecular formula is C39H37ClFN5O6S. The van der Waals surface area contributed by atoms with Gasteiger partial charge in [-0.3, -0.25) is 14.2 Å². The molecule has 14 heteroatoms. The number of fused-ring (bicyclic) bond motifs is 1. The van der Waals surface area contributed by atoms with Gasteiger partial charge >= 0.3 is 0 Å². The van der Waals surface area contributed by atoms with Crippen LogP contribution in [0.2, 0.25) is 5.02 Å². The number of nitrogens with zero attached hydrogens (tertiary/aromatic N) is 4. The Bertz CT molecular complexity index is 2330. The second kappa shape index (κ2) is 16.6. The first-order valence-electron chi connectivity index (χ1n) is 16.7. The van der Waals surface area contributed by atoms with Gasteiger partial charge < -0.3 is 19.4 Å². The molecule has 6 aromatic rings. The van der Waals surface area contributed by atoms with Crippen molar-refractivity contribution in [3.05, 3.63) is 131 Å². The van der Waals surface area contributed by atoms with Gasteiger partial charge in [0, 0.05) is 49.7 Å². The van der Waals surface area contributed by atoms with Crippen molar-refractivity contribution in [1.29, 1.82) is 0 Å². The Kier molecular flexibility index (Phi) is 11.7. The number of piperazine rings is 1. The zero-order valence-corrected chi connectivity index (χ0v) is 30.6. The molecule has 4 aromatic carbocycles. The summed E-state index contributed by atoms with van der Waals surface area (Å²) < 4.78 is 55.0. The van der Waals surface area contributed by atoms with E-state index in [9.17, 15) is 17.6 Å². The van der Waals surface area contributed by atoms with Gasteiger partial charge in [-0.1, -0.05) is 41.4 Å². The summed E-state index contributed by atoms with van der Waals surface area (Å²) in [6.07, 6.45) is 1.51. The van der Waals surface area contributed by atoms with Gasteiger partial charge in [0.05, 0.1) is 22.0 Å². The quantitative estimate of drug-likeness (QED) is 0.140. The van der Waals surface area contributed by atoms with E-state index in [1.165, 1.54) is 30.6 Å². The Labute approximate surface area is 311 Å². The maximum atomic E-state index is 13.5. The fraction of sp³-hybridized carbons (Fsp3) is 0.205. The highest BCUT2D eigenvalue weighted by Crippen LogP contribution is 2.33. The van der Waals surface area contributed by atoms with Crippen LogP contribution in [-0.4, -0.2) is 64.8 Å². The third kappa shape index (κ3) is 9.96. The number of furan rings is 1. The fourth-order valence-corrected chi connectivity index (χ4v) is 6.41. The van der Waals surface area contributed by atoms with Gasteiger partial charge in [-0.25, -0.2) is 14.4 Å². The van der Waals surface area contributed by atoms with E-state index in [-0.39, 0.29) is 23.2 Å². The number of carbonyl (C=O) groups excluding carboxylic acids is 1. The average molecular weight is 758 g/mol. The van der Waals surface area contributed by atoms with Crippen LogP contribution in [0.4, 0.5) is 15.9 Å². The Hall–Kier alpha value is -5.34. The van der Waals surface area contributed by atoms with Gasteiger partial charge in [0.25, 0.3) is 10.1 Å². The third-order valence-corrected chi connectivity index (χ3v) is 9.74. The molecule has 7 rings (SSSR count). The second-order valence-electron chi connectivity index (χ2n) is 12.5. The molecule has 1 aliphatic rings. The molecule has 0 atom stereocenters. The molecule has 0 aliphatic carbocycles. The maximum Gasteiger partial charge on any atom is 0.294 e. The van der Waals surface area contributed by atoms with Gasteiger partial charge in [-0.2, -0.15) is 8.42 Å². The first kappa shape index (κ1) is 37.4. The van der Waals surface area contributed by atoms with Crippen molar-refractivity contribution in [3.63, 3.8) is 0 Å². The van der Waals surface area contributed by atoms with Crippen molar-refractivity contribution in [2.45, 2.75) is 31.9 Å². The smallest absolute Gasteiger partial charge is 0.294 e. The molecule has 0 bridgehead atoms. The molecule has 0 unspecified atom stereocenters. The molecule has 2 N–H and O–H groups in total. The molecule has 1 fully saturated rings. The van der Waals surface area contributed by atoms with Gasteiger partial charge in [0.15, 0.2) is 0 Å². The minimum atomic E-state index is -4.02. The molecule has 1 amide bonds. The Morgan fingerprint density at radius 1 is 0.962 bits per heavy atom. The molecule has 2 aromatic heterocycles. The molecule has 0 saturated carbocycles. The van der Waals surface area contributed by atoms with Crippen molar-refractivity contribution >= 4 is 50.0 Å². The summed E-state index contributed by atoms with van der Waals surface area (Å²) in [5.74, 6) is 2.56. The molecule has 53 heavy (non-hydrogen) atoms. The highest BCUT2D eigenvalue weighted by atomic mass is 35.5. The maximum absolute atomic E-state index is 13.5. The SMILES string of the molecule is CC(=O)N1CCN(Cc2ccc(-c3ccc4ncnc(Nc5ccc(OCc6cccc(F)c6)c(Cl)c5)c4c3)o2)CC1.Cc1ccc(S(=O)(=O)O)cc1. The number of hydrogen-bond donors (Lipinski definition) is 2. The van der Waals surface area contributed by atoms with Gasteiger partial charge in [0.1, 0.15) is 41.8 Å². The lowest BCUT2D eigenvalue weighted by molar-refractivity contribution is -0.130. The van der Waals surface area contributed by atoms with Gasteiger partial charge in [-0.15, -0.1) is 0 Å². The standard InChI is InChI=1S/C32H29ClFN5O3.C7H8O3S/c1-21(40)39-13-11-38(12-14-39)18-26-7-10-30(42-26)23-5-8-29-27(16-23)32(36-20-35-29)37-25-6-9-31(28(33)17-25)41-19-22-3-2-4-24(34)15-22;1-6-2-4-7(5-3-6)11(8,9)10/h2-10,15-17,20H,11-14,18-19H2,1H3,(H,35,36,37);2-5H,1H3,(H,8,9,10). The van der Waals surface area contributed by atoms with Crippen molar-refractivity contribution in [2.75, 3.05) is 31.5 Å². The topological polar surface area (TPSA) is 138 Å². The first-order valence-corrected chi connectivity index (χ1v) is 18.5. The van der Waals surface area contributed by atoms with Crippen LogP contribution in [0.25, 0.3) is 22.2 Å². The molecule has 0 radical (unpaired) electrons. The van der Waals surface area contributed by atoms with Crippen LogP contribution in [0.5, 0.6) is 5.75 Å². The number of aromatic nitrogens is 2. The van der Waals surface area contributed by atoms with E-state index < -0.39 is 10.1 Å². The number of carbonyl (C=O) groups is 1. The molecule has 0 spiro atoms. The lowest BCUT2D eigenvalue weighted by Crippen LogP contribution is -2.47. The predicted octanol–water partition coefficient (Wildman–Crippen LogP) is 7.91. The van der Waals surface area contributed by atoms with Crippen LogP contribution in [-0.2, 0) is 28.1 Å². The summed E-state index contributed by atoms with van der Waals surface area (Å²) >= 11 is 6.50. The lowest BCUT2D eigenvalue weighted by atomic mass is 10.1. The first-order chi connectivity index (χ1) is 25.4. The summed E-state index contributed by atoms with van der Waals surface area (Å²) in [6.45, 7) is 7.46. The van der Waals surface area contributed by atoms with Crippen LogP contribution in [0.3, 0.4) is 0 Å². The number of anilines is 2. The van der Waals surface area contributed by atoms with Crippen LogP contribution in [0.15, 0.2) is 113 Å². The summed E-state index contributed by atoms with van der Waals surface area (Å²) in [5, 5.41) is 4.59. The van der Waals surface area contributed by atoms with Crippen LogP contribution in [0.1, 0.15) is 23.8 Å². The van der Waals surface area contributed by atoms with Gasteiger partial charge in [0.2, 0.25) is 5.91 Å². The highest BCUT2D eigenvalue weighted by molar-refractivity contribution is 7.85. The predicted molar refractivity (Wildman–Crippen MR) is 201 cm³/mol. The number of rotatable bonds is 9. The van der Waals surface area contributed by atoms with Gasteiger partial charge in [-0.05, 0) is 85.3 Å². The number of halogens is 2. The van der Waals surface area contributed by atoms with Crippen LogP contribution in [0, 0.1) is 12.7 Å². The monoisotopic (exact) mass is 757 g/mol. The number of hydrogen-bond acceptors (Lipinski definition) is 9. The fourth-order valence-electron chi connectivity index (χ4n) is 5.70. The normalized spacial score (nSPS) is 13.3. The molecule has 1 aliphatic heterocycles. The summed E-state index contributed by atoms with van der Waals surface area (Å²) in [7, 11) is -4.02. The van der Waals surface area contributed by atoms with E-state index >= 15 is 0 Å². The van der Waals surface area contributed by atoms with Crippen molar-refractivity contribution < 1.29 is 31.3 Å². The lowest BCUT2D eigenvalue weighted by Gasteiger charge is -2.33. The van der Waals surface area contributed by atoms with Crippen LogP contribution >= 0.6 is 11.6 Å². The van der Waals surface area contributed by atoms with Crippen molar-refractivity contribution in [3.8, 4) is 17.1 Å². The van der Waals surface area contributed by atoms with E-state index in [4.69, 9.17) is 25.3 Å². The number of benzene rings is 4. The molecule has 1 saturated heterocycles. The third-order valence-electron chi connectivity index (χ3n) is 8.58. The number of aryl methyl sites for hydroxylation is 1. The summed E-state index contributed by atoms with van der Waals surface area (Å²) in [4.78, 5) is 24.6. The zero-order chi connectivity index (χ0) is 37.5. The van der Waals surface area contributed by atoms with Crippen molar-refractivity contribution in [2.24, 2.45) is 0 Å². The minimum absolute atomic E-state index is 0.0666. The van der Waals surface area contributed by atoms with Crippen LogP contribution < -0.4 is 10.1 Å². The van der Waals surface area contributed by atoms with E-state index in [1.54, 1.807) is 43.3 Å². The Balaban J connectivity index is 0.000000376. The number of nitrogens with one attached hydrogen (secondary N) is 1. The zero-order valence-electron chi connectivity index (χ0n) is 29.0.